The van der Waals surface area contributed by atoms with Gasteiger partial charge in [0.2, 0.25) is 11.0 Å². The van der Waals surface area contributed by atoms with Crippen LogP contribution in [0, 0.1) is 0 Å². The molecule has 0 saturated carbocycles. The Balaban J connectivity index is 2.81. The van der Waals surface area contributed by atoms with Gasteiger partial charge in [0.25, 0.3) is 10.0 Å². The van der Waals surface area contributed by atoms with E-state index in [0.29, 0.717) is 18.8 Å². The molecular formula is C13H23N3O4S. The van der Waals surface area contributed by atoms with E-state index in [4.69, 9.17) is 10.2 Å². The van der Waals surface area contributed by atoms with Crippen LogP contribution in [0.4, 0.5) is 0 Å². The number of amides is 1. The van der Waals surface area contributed by atoms with E-state index in [1.165, 1.54) is 20.2 Å². The summed E-state index contributed by atoms with van der Waals surface area (Å²) in [6, 6.07) is 3.03. The first-order valence-electron chi connectivity index (χ1n) is 6.79. The highest BCUT2D eigenvalue weighted by atomic mass is 32.2. The van der Waals surface area contributed by atoms with Gasteiger partial charge in [-0.1, -0.05) is 13.3 Å². The topological polar surface area (TPSA) is 96.8 Å². The first-order chi connectivity index (χ1) is 9.77. The Hall–Kier alpha value is -1.38. The van der Waals surface area contributed by atoms with E-state index < -0.39 is 15.9 Å². The number of hydrogen-bond acceptors (Lipinski definition) is 5. The molecule has 120 valence electrons. The summed E-state index contributed by atoms with van der Waals surface area (Å²) in [7, 11) is -0.690. The molecule has 0 aliphatic rings. The van der Waals surface area contributed by atoms with Crippen LogP contribution >= 0.6 is 0 Å². The fourth-order valence-electron chi connectivity index (χ4n) is 1.80. The number of nitrogens with zero attached hydrogens (tertiary/aromatic N) is 2. The molecule has 0 atom stereocenters. The summed E-state index contributed by atoms with van der Waals surface area (Å²) < 4.78 is 30.3. The molecule has 1 rings (SSSR count). The van der Waals surface area contributed by atoms with Gasteiger partial charge < -0.3 is 10.2 Å². The Morgan fingerprint density at radius 1 is 1.33 bits per heavy atom. The fourth-order valence-corrected chi connectivity index (χ4v) is 2.61. The van der Waals surface area contributed by atoms with Crippen LogP contribution in [0.2, 0.25) is 0 Å². The second-order valence-corrected chi connectivity index (χ2v) is 7.12. The van der Waals surface area contributed by atoms with Crippen molar-refractivity contribution in [1.82, 2.24) is 9.21 Å². The Kier molecular flexibility index (Phi) is 6.38. The summed E-state index contributed by atoms with van der Waals surface area (Å²) in [5, 5.41) is -0.1000. The van der Waals surface area contributed by atoms with Crippen molar-refractivity contribution in [3.8, 4) is 0 Å². The standard InChI is InChI=1S/C13H23N3O4S/c1-4-5-8-16(10-12(14)17)9-11-6-7-13(20-11)21(18,19)15(2)3/h6-7H,4-5,8-10H2,1-3H3,(H2,14,17). The molecule has 0 saturated heterocycles. The maximum Gasteiger partial charge on any atom is 0.275 e. The van der Waals surface area contributed by atoms with Crippen molar-refractivity contribution in [1.29, 1.82) is 0 Å². The second kappa shape index (κ2) is 7.58. The largest absolute Gasteiger partial charge is 0.447 e. The first kappa shape index (κ1) is 17.7. The predicted molar refractivity (Wildman–Crippen MR) is 79.0 cm³/mol. The lowest BCUT2D eigenvalue weighted by atomic mass is 10.3. The highest BCUT2D eigenvalue weighted by molar-refractivity contribution is 7.88. The molecule has 1 amide bonds. The third-order valence-electron chi connectivity index (χ3n) is 2.96. The van der Waals surface area contributed by atoms with Crippen LogP contribution in [0.5, 0.6) is 0 Å². The predicted octanol–water partition coefficient (Wildman–Crippen LogP) is 0.617. The average Bonchev–Trinajstić information content (AvgIpc) is 2.84. The van der Waals surface area contributed by atoms with Crippen molar-refractivity contribution < 1.29 is 17.6 Å². The minimum absolute atomic E-state index is 0.1000. The van der Waals surface area contributed by atoms with E-state index in [0.717, 1.165) is 17.1 Å². The molecule has 1 aromatic rings. The summed E-state index contributed by atoms with van der Waals surface area (Å²) in [5.74, 6) is 0.0755. The van der Waals surface area contributed by atoms with Crippen molar-refractivity contribution in [2.24, 2.45) is 5.73 Å². The Morgan fingerprint density at radius 3 is 2.52 bits per heavy atom. The normalized spacial score (nSPS) is 12.2. The van der Waals surface area contributed by atoms with Crippen LogP contribution in [0.3, 0.4) is 0 Å². The van der Waals surface area contributed by atoms with Gasteiger partial charge >= 0.3 is 0 Å². The molecule has 1 heterocycles. The van der Waals surface area contributed by atoms with Gasteiger partial charge in [-0.3, -0.25) is 9.69 Å². The molecule has 1 aromatic heterocycles. The van der Waals surface area contributed by atoms with Gasteiger partial charge in [-0.25, -0.2) is 12.7 Å². The molecule has 8 heteroatoms. The van der Waals surface area contributed by atoms with E-state index in [2.05, 4.69) is 6.92 Å². The van der Waals surface area contributed by atoms with Crippen LogP contribution in [-0.2, 0) is 21.4 Å². The van der Waals surface area contributed by atoms with Crippen molar-refractivity contribution >= 4 is 15.9 Å². The lowest BCUT2D eigenvalue weighted by Crippen LogP contribution is -2.34. The lowest BCUT2D eigenvalue weighted by Gasteiger charge is -2.18. The maximum absolute atomic E-state index is 11.9. The minimum atomic E-state index is -3.58. The lowest BCUT2D eigenvalue weighted by molar-refractivity contribution is -0.119. The molecule has 7 nitrogen and oxygen atoms in total. The number of sulfonamides is 1. The van der Waals surface area contributed by atoms with Gasteiger partial charge in [0.05, 0.1) is 13.1 Å². The molecule has 21 heavy (non-hydrogen) atoms. The van der Waals surface area contributed by atoms with Gasteiger partial charge in [-0.05, 0) is 25.1 Å². The van der Waals surface area contributed by atoms with Crippen LogP contribution in [0.15, 0.2) is 21.6 Å². The zero-order valence-corrected chi connectivity index (χ0v) is 13.5. The zero-order chi connectivity index (χ0) is 16.0. The van der Waals surface area contributed by atoms with Crippen molar-refractivity contribution in [3.63, 3.8) is 0 Å². The molecule has 2 N–H and O–H groups in total. The molecular weight excluding hydrogens is 294 g/mol. The molecule has 0 fully saturated rings. The number of rotatable bonds is 9. The summed E-state index contributed by atoms with van der Waals surface area (Å²) in [6.07, 6.45) is 1.92. The van der Waals surface area contributed by atoms with Crippen LogP contribution in [0.25, 0.3) is 0 Å². The van der Waals surface area contributed by atoms with Crippen molar-refractivity contribution in [2.45, 2.75) is 31.4 Å². The van der Waals surface area contributed by atoms with Gasteiger partial charge in [-0.2, -0.15) is 0 Å². The van der Waals surface area contributed by atoms with E-state index in [1.54, 1.807) is 6.07 Å². The summed E-state index contributed by atoms with van der Waals surface area (Å²) in [6.45, 7) is 3.23. The fraction of sp³-hybridized carbons (Fsp3) is 0.615. The highest BCUT2D eigenvalue weighted by Gasteiger charge is 2.22. The molecule has 0 aliphatic carbocycles. The number of hydrogen-bond donors (Lipinski definition) is 1. The van der Waals surface area contributed by atoms with E-state index >= 15 is 0 Å². The minimum Gasteiger partial charge on any atom is -0.447 e. The quantitative estimate of drug-likeness (QED) is 0.720. The first-order valence-corrected chi connectivity index (χ1v) is 8.23. The van der Waals surface area contributed by atoms with Crippen LogP contribution < -0.4 is 5.73 Å². The Labute approximate surface area is 125 Å². The summed E-state index contributed by atoms with van der Waals surface area (Å²) in [4.78, 5) is 12.9. The van der Waals surface area contributed by atoms with E-state index in [1.807, 2.05) is 4.90 Å². The SMILES string of the molecule is CCCCN(CC(N)=O)Cc1ccc(S(=O)(=O)N(C)C)o1. The number of unbranched alkanes of at least 4 members (excludes halogenated alkanes) is 1. The number of nitrogens with two attached hydrogens (primary N) is 1. The average molecular weight is 317 g/mol. The maximum atomic E-state index is 11.9. The monoisotopic (exact) mass is 317 g/mol. The van der Waals surface area contributed by atoms with Crippen molar-refractivity contribution in [2.75, 3.05) is 27.2 Å². The third-order valence-corrected chi connectivity index (χ3v) is 4.65. The molecule has 0 aromatic carbocycles. The van der Waals surface area contributed by atoms with E-state index in [-0.39, 0.29) is 11.6 Å². The smallest absolute Gasteiger partial charge is 0.275 e. The summed E-state index contributed by atoms with van der Waals surface area (Å²) >= 11 is 0. The Bertz CT molecular complexity index is 566. The second-order valence-electron chi connectivity index (χ2n) is 5.04. The van der Waals surface area contributed by atoms with Gasteiger partial charge in [-0.15, -0.1) is 0 Å². The van der Waals surface area contributed by atoms with E-state index in [9.17, 15) is 13.2 Å². The van der Waals surface area contributed by atoms with Gasteiger partial charge in [0.1, 0.15) is 5.76 Å². The molecule has 0 bridgehead atoms. The Morgan fingerprint density at radius 2 is 2.00 bits per heavy atom. The number of carbonyl (C=O) groups excluding carboxylic acids is 1. The van der Waals surface area contributed by atoms with Crippen LogP contribution in [-0.4, -0.2) is 50.7 Å². The number of primary amides is 1. The summed E-state index contributed by atoms with van der Waals surface area (Å²) in [5.41, 5.74) is 5.22. The van der Waals surface area contributed by atoms with Crippen LogP contribution in [0.1, 0.15) is 25.5 Å². The van der Waals surface area contributed by atoms with Gasteiger partial charge in [0.15, 0.2) is 0 Å². The number of carbonyl (C=O) groups is 1. The highest BCUT2D eigenvalue weighted by Crippen LogP contribution is 2.18. The molecule has 0 aliphatic heterocycles. The molecule has 0 radical (unpaired) electrons. The molecule has 0 unspecified atom stereocenters. The third kappa shape index (κ3) is 5.14. The number of furan rings is 1. The zero-order valence-electron chi connectivity index (χ0n) is 12.7. The van der Waals surface area contributed by atoms with Crippen molar-refractivity contribution in [3.05, 3.63) is 17.9 Å². The molecule has 0 spiro atoms. The van der Waals surface area contributed by atoms with Gasteiger partial charge in [0, 0.05) is 14.1 Å².